The summed E-state index contributed by atoms with van der Waals surface area (Å²) in [6, 6.07) is -1.03. The molecule has 0 spiro atoms. The Kier molecular flexibility index (Phi) is 56.8. The average molecular weight is 1170 g/mol. The first kappa shape index (κ1) is 78.6. The lowest BCUT2D eigenvalue weighted by atomic mass is 9.99. The summed E-state index contributed by atoms with van der Waals surface area (Å²) < 4.78 is 17.7. The van der Waals surface area contributed by atoms with E-state index in [9.17, 15) is 35.1 Å². The van der Waals surface area contributed by atoms with Crippen LogP contribution < -0.4 is 5.32 Å². The van der Waals surface area contributed by atoms with Crippen LogP contribution >= 0.6 is 0 Å². The Hall–Kier alpha value is -2.38. The van der Waals surface area contributed by atoms with Crippen molar-refractivity contribution in [3.8, 4) is 0 Å². The fraction of sp³-hybridized carbons (Fsp3) is 0.861. The van der Waals surface area contributed by atoms with Crippen LogP contribution in [0.15, 0.2) is 48.6 Å². The van der Waals surface area contributed by atoms with Crippen molar-refractivity contribution in [1.29, 1.82) is 0 Å². The zero-order valence-corrected chi connectivity index (χ0v) is 54.1. The van der Waals surface area contributed by atoms with Crippen LogP contribution in [0.1, 0.15) is 335 Å². The van der Waals surface area contributed by atoms with E-state index in [4.69, 9.17) is 14.2 Å². The van der Waals surface area contributed by atoms with E-state index in [0.29, 0.717) is 12.8 Å². The van der Waals surface area contributed by atoms with Crippen molar-refractivity contribution in [3.63, 3.8) is 0 Å². The minimum Gasteiger partial charge on any atom is -0.454 e. The average Bonchev–Trinajstić information content (AvgIpc) is 3.61. The van der Waals surface area contributed by atoms with Gasteiger partial charge in [-0.1, -0.05) is 313 Å². The molecule has 6 N–H and O–H groups in total. The molecule has 1 fully saturated rings. The number of amides is 1. The molecule has 1 aliphatic rings. The van der Waals surface area contributed by atoms with Crippen molar-refractivity contribution in [2.75, 3.05) is 13.2 Å². The van der Waals surface area contributed by atoms with Gasteiger partial charge in [-0.25, -0.2) is 0 Å². The highest BCUT2D eigenvalue weighted by atomic mass is 16.7. The van der Waals surface area contributed by atoms with Crippen molar-refractivity contribution in [3.05, 3.63) is 48.6 Å². The third-order valence-corrected chi connectivity index (χ3v) is 16.7. The minimum atomic E-state index is -1.61. The molecule has 0 aromatic heterocycles. The Morgan fingerprint density at radius 2 is 0.831 bits per heavy atom. The van der Waals surface area contributed by atoms with Crippen molar-refractivity contribution in [1.82, 2.24) is 5.32 Å². The zero-order chi connectivity index (χ0) is 60.3. The van der Waals surface area contributed by atoms with Crippen LogP contribution in [0.2, 0.25) is 0 Å². The number of ether oxygens (including phenoxy) is 3. The zero-order valence-electron chi connectivity index (χ0n) is 54.1. The third-order valence-electron chi connectivity index (χ3n) is 16.7. The van der Waals surface area contributed by atoms with Crippen molar-refractivity contribution >= 4 is 11.9 Å². The maximum absolute atomic E-state index is 13.5. The smallest absolute Gasteiger partial charge is 0.306 e. The molecule has 83 heavy (non-hydrogen) atoms. The quantitative estimate of drug-likeness (QED) is 0.0195. The van der Waals surface area contributed by atoms with Gasteiger partial charge in [0.05, 0.1) is 25.4 Å². The lowest BCUT2D eigenvalue weighted by molar-refractivity contribution is -0.305. The van der Waals surface area contributed by atoms with E-state index in [1.165, 1.54) is 205 Å². The Labute approximate surface area is 510 Å². The molecule has 0 bridgehead atoms. The molecule has 11 nitrogen and oxygen atoms in total. The van der Waals surface area contributed by atoms with Crippen molar-refractivity contribution < 1.29 is 49.3 Å². The number of carbonyl (C=O) groups excluding carboxylic acids is 2. The molecule has 1 heterocycles. The van der Waals surface area contributed by atoms with Gasteiger partial charge in [0, 0.05) is 6.42 Å². The van der Waals surface area contributed by atoms with E-state index in [-0.39, 0.29) is 19.4 Å². The van der Waals surface area contributed by atoms with E-state index in [1.807, 2.05) is 6.08 Å². The molecule has 0 aromatic carbocycles. The summed E-state index contributed by atoms with van der Waals surface area (Å²) in [4.78, 5) is 26.7. The van der Waals surface area contributed by atoms with Crippen LogP contribution in [0.3, 0.4) is 0 Å². The Morgan fingerprint density at radius 1 is 0.470 bits per heavy atom. The molecule has 1 amide bonds. The molecular formula is C72H133NO10. The number of hydrogen-bond acceptors (Lipinski definition) is 10. The predicted molar refractivity (Wildman–Crippen MR) is 347 cm³/mol. The second-order valence-corrected chi connectivity index (χ2v) is 24.6. The molecule has 0 saturated carbocycles. The second-order valence-electron chi connectivity index (χ2n) is 24.6. The number of esters is 1. The number of aliphatic hydroxyl groups is 5. The molecule has 0 aliphatic carbocycles. The van der Waals surface area contributed by atoms with Gasteiger partial charge in [-0.05, 0) is 64.2 Å². The molecule has 0 radical (unpaired) electrons. The number of carbonyl (C=O) groups is 2. The van der Waals surface area contributed by atoms with Gasteiger partial charge < -0.3 is 45.1 Å². The highest BCUT2D eigenvalue weighted by molar-refractivity contribution is 5.80. The van der Waals surface area contributed by atoms with Crippen LogP contribution in [0.5, 0.6) is 0 Å². The molecule has 8 atom stereocenters. The summed E-state index contributed by atoms with van der Waals surface area (Å²) in [5.74, 6) is -1.19. The van der Waals surface area contributed by atoms with E-state index in [1.54, 1.807) is 6.08 Å². The van der Waals surface area contributed by atoms with Crippen LogP contribution in [0.4, 0.5) is 0 Å². The number of hydrogen-bond donors (Lipinski definition) is 6. The van der Waals surface area contributed by atoms with E-state index in [2.05, 4.69) is 62.5 Å². The van der Waals surface area contributed by atoms with Gasteiger partial charge in [-0.3, -0.25) is 9.59 Å². The Balaban J connectivity index is 2.56. The summed E-state index contributed by atoms with van der Waals surface area (Å²) >= 11 is 0. The van der Waals surface area contributed by atoms with Crippen LogP contribution in [-0.2, 0) is 23.8 Å². The fourth-order valence-electron chi connectivity index (χ4n) is 11.1. The molecule has 0 aromatic rings. The minimum absolute atomic E-state index is 0.127. The molecule has 486 valence electrons. The summed E-state index contributed by atoms with van der Waals surface area (Å²) in [6.45, 7) is 5.80. The summed E-state index contributed by atoms with van der Waals surface area (Å²) in [5.41, 5.74) is 0. The standard InChI is InChI=1S/C72H133NO10/c1-4-7-10-13-16-19-22-24-26-28-30-32-33-34-36-38-40-42-45-48-51-54-57-60-67(77)83-70-69(79)68(78)66(61-74)82-72(70)81-62-63(64(75)58-55-52-49-46-43-21-18-15-12-9-6-3)73-71(80)65(76)59-56-53-50-47-44-41-39-37-35-31-29-27-25-23-20-17-14-11-8-5-2/h17,20,25,27,31,35,55,58,63-66,68-70,72,74-76,78-79H,4-16,18-19,21-24,26,28-30,32-34,36-54,56-57,59-62H2,1-3H3,(H,73,80)/b20-17-,27-25-,35-31-,58-55+. The van der Waals surface area contributed by atoms with Gasteiger partial charge in [-0.2, -0.15) is 0 Å². The van der Waals surface area contributed by atoms with E-state index in [0.717, 1.165) is 83.5 Å². The topological polar surface area (TPSA) is 175 Å². The monoisotopic (exact) mass is 1170 g/mol. The maximum atomic E-state index is 13.5. The number of allylic oxidation sites excluding steroid dienone is 7. The van der Waals surface area contributed by atoms with Crippen LogP contribution in [0.25, 0.3) is 0 Å². The summed E-state index contributed by atoms with van der Waals surface area (Å²) in [7, 11) is 0. The number of nitrogens with one attached hydrogen (secondary N) is 1. The Bertz CT molecular complexity index is 1540. The second kappa shape index (κ2) is 59.9. The van der Waals surface area contributed by atoms with E-state index >= 15 is 0 Å². The first-order valence-electron chi connectivity index (χ1n) is 35.4. The normalized spacial score (nSPS) is 18.8. The molecule has 1 rings (SSSR count). The van der Waals surface area contributed by atoms with Crippen LogP contribution in [-0.4, -0.2) is 99.6 Å². The molecule has 8 unspecified atom stereocenters. The number of unbranched alkanes of at least 4 members (excludes halogenated alkanes) is 41. The number of rotatable bonds is 61. The van der Waals surface area contributed by atoms with Gasteiger partial charge in [0.2, 0.25) is 5.91 Å². The summed E-state index contributed by atoms with van der Waals surface area (Å²) in [6.07, 6.45) is 64.4. The SMILES string of the molecule is CCCCC/C=C\C/C=C\C/C=C\CCCCCCCCCC(O)C(=O)NC(COC1OC(CO)C(O)C(O)C1OC(=O)CCCCCCCCCCCCCCCCCCCCCCCCC)C(O)/C=C/CCCCCCCCCCC. The molecule has 1 aliphatic heterocycles. The van der Waals surface area contributed by atoms with Gasteiger partial charge in [0.15, 0.2) is 12.4 Å². The predicted octanol–water partition coefficient (Wildman–Crippen LogP) is 18.0. The summed E-state index contributed by atoms with van der Waals surface area (Å²) in [5, 5.41) is 57.2. The third kappa shape index (κ3) is 47.4. The first-order chi connectivity index (χ1) is 40.7. The fourth-order valence-corrected chi connectivity index (χ4v) is 11.1. The molecule has 1 saturated heterocycles. The van der Waals surface area contributed by atoms with E-state index < -0.39 is 67.4 Å². The lowest BCUT2D eigenvalue weighted by Crippen LogP contribution is -2.61. The molecule has 11 heteroatoms. The first-order valence-corrected chi connectivity index (χ1v) is 35.4. The van der Waals surface area contributed by atoms with Gasteiger partial charge >= 0.3 is 5.97 Å². The molecular weight excluding hydrogens is 1040 g/mol. The lowest BCUT2D eigenvalue weighted by Gasteiger charge is -2.41. The van der Waals surface area contributed by atoms with Gasteiger partial charge in [0.25, 0.3) is 0 Å². The van der Waals surface area contributed by atoms with Crippen LogP contribution in [0, 0.1) is 0 Å². The van der Waals surface area contributed by atoms with Gasteiger partial charge in [0.1, 0.15) is 24.4 Å². The Morgan fingerprint density at radius 3 is 1.27 bits per heavy atom. The maximum Gasteiger partial charge on any atom is 0.306 e. The number of aliphatic hydroxyl groups excluding tert-OH is 5. The van der Waals surface area contributed by atoms with Gasteiger partial charge in [-0.15, -0.1) is 0 Å². The highest BCUT2D eigenvalue weighted by Crippen LogP contribution is 2.26. The van der Waals surface area contributed by atoms with Crippen molar-refractivity contribution in [2.24, 2.45) is 0 Å². The highest BCUT2D eigenvalue weighted by Gasteiger charge is 2.47. The van der Waals surface area contributed by atoms with Crippen molar-refractivity contribution in [2.45, 2.75) is 384 Å². The largest absolute Gasteiger partial charge is 0.454 e.